The molecule has 2 aromatic carbocycles. The average Bonchev–Trinajstić information content (AvgIpc) is 3.39. The zero-order valence-corrected chi connectivity index (χ0v) is 25.1. The zero-order valence-electron chi connectivity index (χ0n) is 25.1. The summed E-state index contributed by atoms with van der Waals surface area (Å²) in [4.78, 5) is 44.0. The van der Waals surface area contributed by atoms with Gasteiger partial charge in [-0.25, -0.2) is 9.78 Å². The van der Waals surface area contributed by atoms with Gasteiger partial charge < -0.3 is 24.3 Å². The Bertz CT molecular complexity index is 1420. The first kappa shape index (κ1) is 30.8. The molecule has 0 radical (unpaired) electrons. The van der Waals surface area contributed by atoms with E-state index in [1.54, 1.807) is 27.9 Å². The number of ether oxygens (including phenoxy) is 4. The summed E-state index contributed by atoms with van der Waals surface area (Å²) >= 11 is 0. The van der Waals surface area contributed by atoms with E-state index >= 15 is 0 Å². The molecule has 0 saturated heterocycles. The number of esters is 2. The first-order chi connectivity index (χ1) is 20.0. The topological polar surface area (TPSA) is 113 Å². The van der Waals surface area contributed by atoms with E-state index in [-0.39, 0.29) is 12.8 Å². The fraction of sp³-hybridized carbons (Fsp3) is 0.455. The largest absolute Gasteiger partial charge is 0.497 e. The van der Waals surface area contributed by atoms with Crippen molar-refractivity contribution in [3.05, 3.63) is 54.6 Å². The SMILES string of the molecule is CCC[C@H](NC(=O)[C@@H]1C[C@H](Oc2cc(-c3ccccc3)nc3cc(OC)ccc23)C[C@H]1C(=O)OC)C(=O)OC(C)(C)C. The van der Waals surface area contributed by atoms with Crippen LogP contribution >= 0.6 is 0 Å². The number of pyridine rings is 1. The minimum Gasteiger partial charge on any atom is -0.497 e. The van der Waals surface area contributed by atoms with Crippen molar-refractivity contribution >= 4 is 28.7 Å². The number of carbonyl (C=O) groups is 3. The molecular weight excluding hydrogens is 536 g/mol. The van der Waals surface area contributed by atoms with Gasteiger partial charge in [-0.2, -0.15) is 0 Å². The van der Waals surface area contributed by atoms with Gasteiger partial charge in [-0.1, -0.05) is 43.7 Å². The summed E-state index contributed by atoms with van der Waals surface area (Å²) in [5.74, 6) is -1.57. The summed E-state index contributed by atoms with van der Waals surface area (Å²) in [7, 11) is 2.91. The highest BCUT2D eigenvalue weighted by atomic mass is 16.6. The Morgan fingerprint density at radius 1 is 1.00 bits per heavy atom. The number of nitrogens with zero attached hydrogens (tertiary/aromatic N) is 1. The molecule has 1 amide bonds. The van der Waals surface area contributed by atoms with Crippen molar-refractivity contribution in [2.75, 3.05) is 14.2 Å². The molecule has 1 heterocycles. The Kier molecular flexibility index (Phi) is 9.70. The maximum atomic E-state index is 13.5. The van der Waals surface area contributed by atoms with Crippen LogP contribution in [0.4, 0.5) is 0 Å². The molecule has 1 fully saturated rings. The molecule has 1 aliphatic carbocycles. The lowest BCUT2D eigenvalue weighted by Crippen LogP contribution is -2.47. The molecule has 9 nitrogen and oxygen atoms in total. The number of hydrogen-bond donors (Lipinski definition) is 1. The highest BCUT2D eigenvalue weighted by Gasteiger charge is 2.45. The summed E-state index contributed by atoms with van der Waals surface area (Å²) in [6.07, 6.45) is 1.21. The monoisotopic (exact) mass is 576 g/mol. The van der Waals surface area contributed by atoms with Crippen LogP contribution in [0.5, 0.6) is 11.5 Å². The lowest BCUT2D eigenvalue weighted by molar-refractivity contribution is -0.159. The molecule has 224 valence electrons. The van der Waals surface area contributed by atoms with Gasteiger partial charge in [-0.15, -0.1) is 0 Å². The van der Waals surface area contributed by atoms with Gasteiger partial charge in [-0.05, 0) is 52.2 Å². The van der Waals surface area contributed by atoms with Crippen molar-refractivity contribution in [2.45, 2.75) is 71.1 Å². The second-order valence-electron chi connectivity index (χ2n) is 11.6. The van der Waals surface area contributed by atoms with E-state index in [1.807, 2.05) is 61.5 Å². The van der Waals surface area contributed by atoms with Gasteiger partial charge >= 0.3 is 11.9 Å². The molecule has 0 spiro atoms. The van der Waals surface area contributed by atoms with Crippen LogP contribution in [-0.2, 0) is 23.9 Å². The first-order valence-corrected chi connectivity index (χ1v) is 14.3. The molecule has 4 rings (SSSR count). The molecule has 1 N–H and O–H groups in total. The van der Waals surface area contributed by atoms with E-state index in [9.17, 15) is 14.4 Å². The molecule has 4 atom stereocenters. The van der Waals surface area contributed by atoms with Gasteiger partial charge in [0.25, 0.3) is 0 Å². The van der Waals surface area contributed by atoms with E-state index in [1.165, 1.54) is 7.11 Å². The van der Waals surface area contributed by atoms with Gasteiger partial charge in [0.1, 0.15) is 29.2 Å². The molecular formula is C33H40N2O7. The smallest absolute Gasteiger partial charge is 0.329 e. The quantitative estimate of drug-likeness (QED) is 0.316. The van der Waals surface area contributed by atoms with E-state index in [0.717, 1.165) is 16.6 Å². The molecule has 42 heavy (non-hydrogen) atoms. The van der Waals surface area contributed by atoms with Crippen LogP contribution in [-0.4, -0.2) is 54.8 Å². The molecule has 9 heteroatoms. The molecule has 0 aliphatic heterocycles. The summed E-state index contributed by atoms with van der Waals surface area (Å²) in [5.41, 5.74) is 1.66. The lowest BCUT2D eigenvalue weighted by Gasteiger charge is -2.26. The third kappa shape index (κ3) is 7.38. The van der Waals surface area contributed by atoms with Crippen molar-refractivity contribution in [2.24, 2.45) is 11.8 Å². The van der Waals surface area contributed by atoms with Crippen molar-refractivity contribution in [3.63, 3.8) is 0 Å². The van der Waals surface area contributed by atoms with E-state index < -0.39 is 47.4 Å². The minimum absolute atomic E-state index is 0.277. The number of benzene rings is 2. The van der Waals surface area contributed by atoms with Crippen molar-refractivity contribution in [1.29, 1.82) is 0 Å². The molecule has 1 aliphatic rings. The standard InChI is InChI=1S/C33H40N2O7/c1-7-11-26(32(38)42-33(2,3)4)35-30(36)24-16-22(17-25(24)31(37)40-6)41-29-19-27(20-12-9-8-10-13-20)34-28-18-21(39-5)14-15-23(28)29/h8-10,12-15,18-19,22,24-26H,7,11,16-17H2,1-6H3,(H,35,36)/t22-,24+,25+,26-/m0/s1. The number of nitrogens with one attached hydrogen (secondary N) is 1. The van der Waals surface area contributed by atoms with E-state index in [2.05, 4.69) is 5.32 Å². The summed E-state index contributed by atoms with van der Waals surface area (Å²) in [5, 5.41) is 3.63. The van der Waals surface area contributed by atoms with Crippen LogP contribution in [0, 0.1) is 11.8 Å². The van der Waals surface area contributed by atoms with Gasteiger partial charge in [-0.3, -0.25) is 9.59 Å². The summed E-state index contributed by atoms with van der Waals surface area (Å²) in [6.45, 7) is 7.27. The maximum Gasteiger partial charge on any atom is 0.329 e. The van der Waals surface area contributed by atoms with E-state index in [4.69, 9.17) is 23.9 Å². The Labute approximate surface area is 246 Å². The fourth-order valence-corrected chi connectivity index (χ4v) is 5.32. The Morgan fingerprint density at radius 2 is 1.71 bits per heavy atom. The Balaban J connectivity index is 1.61. The minimum atomic E-state index is -0.812. The number of rotatable bonds is 10. The van der Waals surface area contributed by atoms with Gasteiger partial charge in [0.05, 0.1) is 37.3 Å². The molecule has 1 saturated carbocycles. The maximum absolute atomic E-state index is 13.5. The van der Waals surface area contributed by atoms with Crippen LogP contribution in [0.15, 0.2) is 54.6 Å². The number of fused-ring (bicyclic) bond motifs is 1. The van der Waals surface area contributed by atoms with Crippen molar-refractivity contribution < 1.29 is 33.3 Å². The number of aromatic nitrogens is 1. The van der Waals surface area contributed by atoms with Crippen LogP contribution < -0.4 is 14.8 Å². The third-order valence-electron chi connectivity index (χ3n) is 7.29. The van der Waals surface area contributed by atoms with Crippen LogP contribution in [0.2, 0.25) is 0 Å². The Hall–Kier alpha value is -4.14. The van der Waals surface area contributed by atoms with Crippen LogP contribution in [0.25, 0.3) is 22.2 Å². The van der Waals surface area contributed by atoms with Crippen molar-refractivity contribution in [1.82, 2.24) is 10.3 Å². The number of methoxy groups -OCH3 is 2. The summed E-state index contributed by atoms with van der Waals surface area (Å²) < 4.78 is 22.5. The average molecular weight is 577 g/mol. The van der Waals surface area contributed by atoms with Gasteiger partial charge in [0.2, 0.25) is 5.91 Å². The van der Waals surface area contributed by atoms with Crippen LogP contribution in [0.1, 0.15) is 53.4 Å². The number of carbonyl (C=O) groups excluding carboxylic acids is 3. The molecule has 0 unspecified atom stereocenters. The molecule has 3 aromatic rings. The van der Waals surface area contributed by atoms with Gasteiger partial charge in [0.15, 0.2) is 0 Å². The van der Waals surface area contributed by atoms with Gasteiger partial charge in [0, 0.05) is 23.1 Å². The second kappa shape index (κ2) is 13.2. The summed E-state index contributed by atoms with van der Waals surface area (Å²) in [6, 6.07) is 16.4. The first-order valence-electron chi connectivity index (χ1n) is 14.3. The number of amides is 1. The zero-order chi connectivity index (χ0) is 30.4. The number of hydrogen-bond acceptors (Lipinski definition) is 8. The molecule has 1 aromatic heterocycles. The van der Waals surface area contributed by atoms with Crippen LogP contribution in [0.3, 0.4) is 0 Å². The highest BCUT2D eigenvalue weighted by molar-refractivity contribution is 5.90. The predicted molar refractivity (Wildman–Crippen MR) is 159 cm³/mol. The van der Waals surface area contributed by atoms with Crippen molar-refractivity contribution in [3.8, 4) is 22.8 Å². The Morgan fingerprint density at radius 3 is 2.36 bits per heavy atom. The normalized spacial score (nSPS) is 19.1. The fourth-order valence-electron chi connectivity index (χ4n) is 5.32. The predicted octanol–water partition coefficient (Wildman–Crippen LogP) is 5.48. The highest BCUT2D eigenvalue weighted by Crippen LogP contribution is 2.39. The van der Waals surface area contributed by atoms with E-state index in [0.29, 0.717) is 29.9 Å². The third-order valence-corrected chi connectivity index (χ3v) is 7.29. The lowest BCUT2D eigenvalue weighted by atomic mass is 9.94. The second-order valence-corrected chi connectivity index (χ2v) is 11.6. The molecule has 0 bridgehead atoms.